The second-order valence-electron chi connectivity index (χ2n) is 3.28. The van der Waals surface area contributed by atoms with Crippen molar-refractivity contribution >= 4 is 44.4 Å². The lowest BCUT2D eigenvalue weighted by atomic mass is 10.2. The van der Waals surface area contributed by atoms with Crippen molar-refractivity contribution in [2.75, 3.05) is 11.0 Å². The Morgan fingerprint density at radius 1 is 1.44 bits per heavy atom. The summed E-state index contributed by atoms with van der Waals surface area (Å²) in [6, 6.07) is 4.43. The number of carbonyl (C=O) groups is 1. The third kappa shape index (κ3) is 4.37. The molecule has 0 unspecified atom stereocenters. The standard InChI is InChI=1S/C11H12BrFINO/c12-8-3-4-9(10(13)7-8)11(16)15-6-2-1-5-14/h3-4,7H,1-2,5-6H2,(H,15,16). The van der Waals surface area contributed by atoms with Gasteiger partial charge in [0.15, 0.2) is 0 Å². The highest BCUT2D eigenvalue weighted by atomic mass is 127. The lowest BCUT2D eigenvalue weighted by Crippen LogP contribution is -2.25. The zero-order valence-electron chi connectivity index (χ0n) is 8.60. The molecule has 0 saturated carbocycles. The van der Waals surface area contributed by atoms with Crippen molar-refractivity contribution in [3.8, 4) is 0 Å². The maximum Gasteiger partial charge on any atom is 0.254 e. The molecule has 0 aliphatic rings. The summed E-state index contributed by atoms with van der Waals surface area (Å²) in [5, 5.41) is 2.70. The van der Waals surface area contributed by atoms with Gasteiger partial charge in [-0.05, 0) is 35.5 Å². The fourth-order valence-electron chi connectivity index (χ4n) is 1.19. The number of hydrogen-bond acceptors (Lipinski definition) is 1. The van der Waals surface area contributed by atoms with Crippen LogP contribution in [-0.2, 0) is 0 Å². The molecule has 0 fully saturated rings. The Balaban J connectivity index is 2.53. The maximum atomic E-state index is 13.4. The van der Waals surface area contributed by atoms with Crippen molar-refractivity contribution in [1.29, 1.82) is 0 Å². The summed E-state index contributed by atoms with van der Waals surface area (Å²) < 4.78 is 15.1. The molecule has 5 heteroatoms. The predicted molar refractivity (Wildman–Crippen MR) is 74.6 cm³/mol. The van der Waals surface area contributed by atoms with Crippen LogP contribution in [0.15, 0.2) is 22.7 Å². The minimum absolute atomic E-state index is 0.0951. The van der Waals surface area contributed by atoms with E-state index in [9.17, 15) is 9.18 Å². The van der Waals surface area contributed by atoms with Gasteiger partial charge in [0.25, 0.3) is 5.91 Å². The molecule has 88 valence electrons. The van der Waals surface area contributed by atoms with E-state index >= 15 is 0 Å². The van der Waals surface area contributed by atoms with Crippen molar-refractivity contribution in [3.63, 3.8) is 0 Å². The molecule has 2 nitrogen and oxygen atoms in total. The van der Waals surface area contributed by atoms with Crippen LogP contribution < -0.4 is 5.32 Å². The van der Waals surface area contributed by atoms with Gasteiger partial charge in [0.1, 0.15) is 5.82 Å². The van der Waals surface area contributed by atoms with Crippen LogP contribution in [0.3, 0.4) is 0 Å². The third-order valence-corrected chi connectivity index (χ3v) is 3.28. The van der Waals surface area contributed by atoms with Crippen LogP contribution in [-0.4, -0.2) is 16.9 Å². The van der Waals surface area contributed by atoms with Gasteiger partial charge in [-0.25, -0.2) is 4.39 Å². The fourth-order valence-corrected chi connectivity index (χ4v) is 2.06. The second kappa shape index (κ2) is 7.21. The Kier molecular flexibility index (Phi) is 6.26. The van der Waals surface area contributed by atoms with Gasteiger partial charge in [0, 0.05) is 11.0 Å². The van der Waals surface area contributed by atoms with Gasteiger partial charge in [-0.2, -0.15) is 0 Å². The number of alkyl halides is 1. The van der Waals surface area contributed by atoms with Crippen LogP contribution in [0.2, 0.25) is 0 Å². The Hall–Kier alpha value is -0.170. The van der Waals surface area contributed by atoms with E-state index in [1.807, 2.05) is 0 Å². The molecule has 0 spiro atoms. The first-order chi connectivity index (χ1) is 7.65. The lowest BCUT2D eigenvalue weighted by molar-refractivity contribution is 0.0949. The minimum Gasteiger partial charge on any atom is -0.352 e. The quantitative estimate of drug-likeness (QED) is 0.458. The van der Waals surface area contributed by atoms with Crippen molar-refractivity contribution in [3.05, 3.63) is 34.1 Å². The van der Waals surface area contributed by atoms with E-state index in [0.717, 1.165) is 17.3 Å². The van der Waals surface area contributed by atoms with Gasteiger partial charge in [-0.3, -0.25) is 4.79 Å². The highest BCUT2D eigenvalue weighted by Gasteiger charge is 2.10. The van der Waals surface area contributed by atoms with Crippen LogP contribution in [0.4, 0.5) is 4.39 Å². The summed E-state index contributed by atoms with van der Waals surface area (Å²) in [5.41, 5.74) is 0.0951. The largest absolute Gasteiger partial charge is 0.352 e. The number of rotatable bonds is 5. The van der Waals surface area contributed by atoms with Crippen LogP contribution in [0.25, 0.3) is 0 Å². The van der Waals surface area contributed by atoms with E-state index in [1.165, 1.54) is 12.1 Å². The van der Waals surface area contributed by atoms with Gasteiger partial charge in [0.2, 0.25) is 0 Å². The summed E-state index contributed by atoms with van der Waals surface area (Å²) in [7, 11) is 0. The van der Waals surface area contributed by atoms with E-state index in [0.29, 0.717) is 11.0 Å². The number of carbonyl (C=O) groups excluding carboxylic acids is 1. The van der Waals surface area contributed by atoms with Crippen LogP contribution in [0.1, 0.15) is 23.2 Å². The first-order valence-corrected chi connectivity index (χ1v) is 7.26. The lowest BCUT2D eigenvalue weighted by Gasteiger charge is -2.05. The van der Waals surface area contributed by atoms with Crippen LogP contribution in [0.5, 0.6) is 0 Å². The Morgan fingerprint density at radius 2 is 2.19 bits per heavy atom. The number of amides is 1. The highest BCUT2D eigenvalue weighted by Crippen LogP contribution is 2.15. The summed E-state index contributed by atoms with van der Waals surface area (Å²) in [5.74, 6) is -0.848. The monoisotopic (exact) mass is 399 g/mol. The molecule has 1 amide bonds. The first-order valence-electron chi connectivity index (χ1n) is 4.94. The topological polar surface area (TPSA) is 29.1 Å². The van der Waals surface area contributed by atoms with E-state index in [2.05, 4.69) is 43.8 Å². The summed E-state index contributed by atoms with van der Waals surface area (Å²) in [4.78, 5) is 11.6. The average molecular weight is 400 g/mol. The van der Waals surface area contributed by atoms with Gasteiger partial charge in [-0.1, -0.05) is 38.5 Å². The zero-order chi connectivity index (χ0) is 12.0. The minimum atomic E-state index is -0.499. The molecule has 0 aliphatic heterocycles. The molecule has 1 rings (SSSR count). The molecule has 1 N–H and O–H groups in total. The molecule has 0 atom stereocenters. The number of hydrogen-bond donors (Lipinski definition) is 1. The number of unbranched alkanes of at least 4 members (excludes halogenated alkanes) is 1. The van der Waals surface area contributed by atoms with Crippen LogP contribution in [0, 0.1) is 5.82 Å². The van der Waals surface area contributed by atoms with Crippen LogP contribution >= 0.6 is 38.5 Å². The van der Waals surface area contributed by atoms with Gasteiger partial charge < -0.3 is 5.32 Å². The highest BCUT2D eigenvalue weighted by molar-refractivity contribution is 14.1. The van der Waals surface area contributed by atoms with E-state index in [4.69, 9.17) is 0 Å². The predicted octanol–water partition coefficient (Wildman–Crippen LogP) is 3.53. The third-order valence-electron chi connectivity index (χ3n) is 2.02. The molecule has 0 aromatic heterocycles. The Bertz CT molecular complexity index is 373. The van der Waals surface area contributed by atoms with E-state index in [-0.39, 0.29) is 11.5 Å². The fraction of sp³-hybridized carbons (Fsp3) is 0.364. The Morgan fingerprint density at radius 3 is 2.81 bits per heavy atom. The molecular weight excluding hydrogens is 388 g/mol. The SMILES string of the molecule is O=C(NCCCCI)c1ccc(Br)cc1F. The molecule has 0 bridgehead atoms. The van der Waals surface area contributed by atoms with E-state index in [1.54, 1.807) is 6.07 Å². The molecule has 0 aliphatic carbocycles. The average Bonchev–Trinajstić information content (AvgIpc) is 2.24. The molecule has 1 aromatic carbocycles. The van der Waals surface area contributed by atoms with Gasteiger partial charge in [-0.15, -0.1) is 0 Å². The smallest absolute Gasteiger partial charge is 0.254 e. The maximum absolute atomic E-state index is 13.4. The molecule has 0 radical (unpaired) electrons. The number of benzene rings is 1. The van der Waals surface area contributed by atoms with Crippen molar-refractivity contribution in [2.45, 2.75) is 12.8 Å². The van der Waals surface area contributed by atoms with Crippen molar-refractivity contribution in [1.82, 2.24) is 5.32 Å². The number of halogens is 3. The van der Waals surface area contributed by atoms with Gasteiger partial charge in [0.05, 0.1) is 5.56 Å². The van der Waals surface area contributed by atoms with Crippen molar-refractivity contribution < 1.29 is 9.18 Å². The molecule has 16 heavy (non-hydrogen) atoms. The zero-order valence-corrected chi connectivity index (χ0v) is 12.3. The van der Waals surface area contributed by atoms with Gasteiger partial charge >= 0.3 is 0 Å². The molecule has 0 heterocycles. The summed E-state index contributed by atoms with van der Waals surface area (Å²) >= 11 is 5.43. The summed E-state index contributed by atoms with van der Waals surface area (Å²) in [6.45, 7) is 0.595. The normalized spacial score (nSPS) is 10.2. The van der Waals surface area contributed by atoms with E-state index < -0.39 is 5.82 Å². The first kappa shape index (κ1) is 13.9. The number of nitrogens with one attached hydrogen (secondary N) is 1. The molecular formula is C11H12BrFINO. The molecule has 1 aromatic rings. The second-order valence-corrected chi connectivity index (χ2v) is 5.27. The van der Waals surface area contributed by atoms with Crippen molar-refractivity contribution in [2.24, 2.45) is 0 Å². The Labute approximate surface area is 116 Å². The molecule has 0 saturated heterocycles. The summed E-state index contributed by atoms with van der Waals surface area (Å²) in [6.07, 6.45) is 1.98.